The molecule has 0 unspecified atom stereocenters. The molecule has 206 valence electrons. The molecule has 0 spiro atoms. The van der Waals surface area contributed by atoms with Gasteiger partial charge in [-0.15, -0.1) is 0 Å². The summed E-state index contributed by atoms with van der Waals surface area (Å²) in [5.41, 5.74) is 1.85. The number of amides is 3. The van der Waals surface area contributed by atoms with E-state index >= 15 is 0 Å². The summed E-state index contributed by atoms with van der Waals surface area (Å²) in [5, 5.41) is 7.91. The average molecular weight is 550 g/mol. The van der Waals surface area contributed by atoms with Crippen LogP contribution in [0.2, 0.25) is 0 Å². The smallest absolute Gasteiger partial charge is 0.416 e. The highest BCUT2D eigenvalue weighted by molar-refractivity contribution is 6.00. The number of halogens is 3. The zero-order chi connectivity index (χ0) is 28.9. The van der Waals surface area contributed by atoms with Gasteiger partial charge in [-0.05, 0) is 66.2 Å². The van der Waals surface area contributed by atoms with Crippen molar-refractivity contribution in [3.8, 4) is 22.6 Å². The molecule has 0 radical (unpaired) electrons. The molecule has 40 heavy (non-hydrogen) atoms. The number of anilines is 3. The number of hydrogen-bond donors (Lipinski definition) is 3. The Morgan fingerprint density at radius 2 is 1.57 bits per heavy atom. The molecule has 0 aliphatic heterocycles. The molecule has 3 N–H and O–H groups in total. The van der Waals surface area contributed by atoms with Crippen molar-refractivity contribution < 1.29 is 27.5 Å². The lowest BCUT2D eigenvalue weighted by molar-refractivity contribution is -0.137. The summed E-state index contributed by atoms with van der Waals surface area (Å²) in [6.07, 6.45) is -3.02. The number of aromatic nitrogens is 1. The first kappa shape index (κ1) is 28.0. The zero-order valence-electron chi connectivity index (χ0n) is 21.8. The van der Waals surface area contributed by atoms with Crippen LogP contribution in [0.25, 0.3) is 11.1 Å². The number of rotatable bonds is 7. The molecule has 0 aliphatic carbocycles. The largest absolute Gasteiger partial charge is 0.457 e. The van der Waals surface area contributed by atoms with Gasteiger partial charge in [0.1, 0.15) is 17.2 Å². The number of benzene rings is 3. The first-order valence-corrected chi connectivity index (χ1v) is 12.1. The van der Waals surface area contributed by atoms with Crippen LogP contribution in [0.5, 0.6) is 11.5 Å². The third kappa shape index (κ3) is 6.87. The molecule has 0 atom stereocenters. The van der Waals surface area contributed by atoms with Gasteiger partial charge in [0, 0.05) is 56.0 Å². The van der Waals surface area contributed by atoms with E-state index in [1.165, 1.54) is 25.4 Å². The van der Waals surface area contributed by atoms with E-state index in [0.29, 0.717) is 39.7 Å². The number of carbonyl (C=O) groups excluding carboxylic acids is 2. The van der Waals surface area contributed by atoms with E-state index in [1.807, 2.05) is 0 Å². The molecule has 0 bridgehead atoms. The number of pyridine rings is 1. The molecule has 0 saturated heterocycles. The summed E-state index contributed by atoms with van der Waals surface area (Å²) in [6.45, 7) is 0. The predicted octanol–water partition coefficient (Wildman–Crippen LogP) is 6.63. The van der Waals surface area contributed by atoms with Gasteiger partial charge in [-0.2, -0.15) is 13.2 Å². The maximum Gasteiger partial charge on any atom is 0.416 e. The van der Waals surface area contributed by atoms with Crippen LogP contribution in [0.1, 0.15) is 16.1 Å². The van der Waals surface area contributed by atoms with Gasteiger partial charge in [0.15, 0.2) is 0 Å². The quantitative estimate of drug-likeness (QED) is 0.241. The van der Waals surface area contributed by atoms with Crippen LogP contribution in [0.3, 0.4) is 0 Å². The average Bonchev–Trinajstić information content (AvgIpc) is 2.93. The third-order valence-corrected chi connectivity index (χ3v) is 5.78. The first-order chi connectivity index (χ1) is 19.0. The Labute approximate surface area is 228 Å². The standard InChI is InChI=1S/C29H26F3N5O3/c1-33-27(38)25-17-23(13-14-34-25)40-22-10-8-20(9-11-22)35-28(39)36-21-6-4-5-18(15-21)24-16-19(29(30,31)32)7-12-26(24)37(2)3/h4-17H,1-3H3,(H,33,38)(H2,35,36,39). The molecule has 0 aliphatic rings. The minimum atomic E-state index is -4.48. The Kier molecular flexibility index (Phi) is 8.23. The molecule has 0 saturated carbocycles. The topological polar surface area (TPSA) is 95.6 Å². The fourth-order valence-corrected chi connectivity index (χ4v) is 3.86. The van der Waals surface area contributed by atoms with Gasteiger partial charge in [0.05, 0.1) is 5.56 Å². The maximum atomic E-state index is 13.4. The molecule has 1 aromatic heterocycles. The van der Waals surface area contributed by atoms with Crippen LogP contribution in [-0.2, 0) is 6.18 Å². The summed E-state index contributed by atoms with van der Waals surface area (Å²) in [5.74, 6) is 0.560. The summed E-state index contributed by atoms with van der Waals surface area (Å²) < 4.78 is 45.8. The van der Waals surface area contributed by atoms with E-state index in [9.17, 15) is 22.8 Å². The zero-order valence-corrected chi connectivity index (χ0v) is 21.8. The molecule has 0 fully saturated rings. The van der Waals surface area contributed by atoms with Gasteiger partial charge < -0.3 is 25.6 Å². The number of ether oxygens (including phenoxy) is 1. The SMILES string of the molecule is CNC(=O)c1cc(Oc2ccc(NC(=O)Nc3cccc(-c4cc(C(F)(F)F)ccc4N(C)C)c3)cc2)ccn1. The van der Waals surface area contributed by atoms with Crippen molar-refractivity contribution in [1.82, 2.24) is 10.3 Å². The normalized spacial score (nSPS) is 10.9. The van der Waals surface area contributed by atoms with Crippen molar-refractivity contribution in [2.45, 2.75) is 6.18 Å². The molecule has 8 nitrogen and oxygen atoms in total. The lowest BCUT2D eigenvalue weighted by atomic mass is 9.99. The van der Waals surface area contributed by atoms with E-state index in [1.54, 1.807) is 73.6 Å². The molecule has 3 amide bonds. The Bertz CT molecular complexity index is 1520. The first-order valence-electron chi connectivity index (χ1n) is 12.1. The Morgan fingerprint density at radius 3 is 2.25 bits per heavy atom. The number of urea groups is 1. The Hall–Kier alpha value is -5.06. The fraction of sp³-hybridized carbons (Fsp3) is 0.138. The van der Waals surface area contributed by atoms with Crippen molar-refractivity contribution in [3.63, 3.8) is 0 Å². The molecule has 11 heteroatoms. The lowest BCUT2D eigenvalue weighted by Gasteiger charge is -2.20. The van der Waals surface area contributed by atoms with Gasteiger partial charge in [-0.1, -0.05) is 12.1 Å². The summed E-state index contributed by atoms with van der Waals surface area (Å²) in [4.78, 5) is 30.1. The number of nitrogens with zero attached hydrogens (tertiary/aromatic N) is 2. The van der Waals surface area contributed by atoms with Crippen molar-refractivity contribution in [2.24, 2.45) is 0 Å². The minimum absolute atomic E-state index is 0.213. The minimum Gasteiger partial charge on any atom is -0.457 e. The predicted molar refractivity (Wildman–Crippen MR) is 148 cm³/mol. The highest BCUT2D eigenvalue weighted by atomic mass is 19.4. The summed E-state index contributed by atoms with van der Waals surface area (Å²) in [7, 11) is 5.00. The van der Waals surface area contributed by atoms with Gasteiger partial charge in [-0.25, -0.2) is 4.79 Å². The van der Waals surface area contributed by atoms with Crippen LogP contribution in [0, 0.1) is 0 Å². The lowest BCUT2D eigenvalue weighted by Crippen LogP contribution is -2.19. The second kappa shape index (κ2) is 11.8. The van der Waals surface area contributed by atoms with Gasteiger partial charge in [0.25, 0.3) is 5.91 Å². The number of alkyl halides is 3. The van der Waals surface area contributed by atoms with Crippen LogP contribution < -0.4 is 25.6 Å². The van der Waals surface area contributed by atoms with E-state index < -0.39 is 17.8 Å². The highest BCUT2D eigenvalue weighted by Crippen LogP contribution is 2.37. The van der Waals surface area contributed by atoms with E-state index in [2.05, 4.69) is 20.9 Å². The molecular formula is C29H26F3N5O3. The third-order valence-electron chi connectivity index (χ3n) is 5.78. The number of hydrogen-bond acceptors (Lipinski definition) is 5. The number of nitrogens with one attached hydrogen (secondary N) is 3. The molecule has 4 rings (SSSR count). The van der Waals surface area contributed by atoms with Crippen LogP contribution in [0.4, 0.5) is 35.0 Å². The van der Waals surface area contributed by atoms with Crippen LogP contribution in [-0.4, -0.2) is 38.1 Å². The van der Waals surface area contributed by atoms with E-state index in [4.69, 9.17) is 4.74 Å². The van der Waals surface area contributed by atoms with E-state index in [0.717, 1.165) is 12.1 Å². The van der Waals surface area contributed by atoms with Crippen molar-refractivity contribution >= 4 is 29.0 Å². The Balaban J connectivity index is 1.44. The monoisotopic (exact) mass is 549 g/mol. The van der Waals surface area contributed by atoms with Gasteiger partial charge in [-0.3, -0.25) is 9.78 Å². The van der Waals surface area contributed by atoms with Gasteiger partial charge >= 0.3 is 12.2 Å². The summed E-state index contributed by atoms with van der Waals surface area (Å²) >= 11 is 0. The molecular weight excluding hydrogens is 523 g/mol. The van der Waals surface area contributed by atoms with E-state index in [-0.39, 0.29) is 11.6 Å². The molecule has 3 aromatic carbocycles. The maximum absolute atomic E-state index is 13.4. The second-order valence-corrected chi connectivity index (χ2v) is 8.87. The van der Waals surface area contributed by atoms with Gasteiger partial charge in [0.2, 0.25) is 0 Å². The number of carbonyl (C=O) groups is 2. The summed E-state index contributed by atoms with van der Waals surface area (Å²) in [6, 6.07) is 19.3. The van der Waals surface area contributed by atoms with Crippen molar-refractivity contribution in [3.05, 3.63) is 96.3 Å². The van der Waals surface area contributed by atoms with Crippen LogP contribution >= 0.6 is 0 Å². The van der Waals surface area contributed by atoms with Crippen LogP contribution in [0.15, 0.2) is 85.1 Å². The van der Waals surface area contributed by atoms with Crippen molar-refractivity contribution in [2.75, 3.05) is 36.7 Å². The molecule has 1 heterocycles. The van der Waals surface area contributed by atoms with Crippen molar-refractivity contribution in [1.29, 1.82) is 0 Å². The fourth-order valence-electron chi connectivity index (χ4n) is 3.86. The Morgan fingerprint density at radius 1 is 0.850 bits per heavy atom. The highest BCUT2D eigenvalue weighted by Gasteiger charge is 2.31. The molecule has 4 aromatic rings. The second-order valence-electron chi connectivity index (χ2n) is 8.87.